The van der Waals surface area contributed by atoms with Crippen LogP contribution >= 0.6 is 0 Å². The predicted molar refractivity (Wildman–Crippen MR) is 77.4 cm³/mol. The summed E-state index contributed by atoms with van der Waals surface area (Å²) in [7, 11) is 0. The average Bonchev–Trinajstić information content (AvgIpc) is 3.10. The highest BCUT2D eigenvalue weighted by Gasteiger charge is 2.25. The largest absolute Gasteiger partial charge is 0.480 e. The van der Waals surface area contributed by atoms with Crippen molar-refractivity contribution in [3.05, 3.63) is 47.5 Å². The van der Waals surface area contributed by atoms with Crippen molar-refractivity contribution in [2.75, 3.05) is 0 Å². The number of nitrogens with one attached hydrogen (secondary N) is 1. The fourth-order valence-electron chi connectivity index (χ4n) is 2.64. The van der Waals surface area contributed by atoms with Gasteiger partial charge in [-0.15, -0.1) is 0 Å². The molecule has 7 nitrogen and oxygen atoms in total. The highest BCUT2D eigenvalue weighted by Crippen LogP contribution is 2.18. The number of carboxylic acid groups (broad SMARTS) is 1. The molecular weight excluding hydrogens is 284 g/mol. The molecule has 2 aromatic heterocycles. The number of aliphatic carboxylic acids is 1. The van der Waals surface area contributed by atoms with Crippen molar-refractivity contribution in [3.8, 4) is 0 Å². The zero-order valence-electron chi connectivity index (χ0n) is 11.9. The maximum atomic E-state index is 12.3. The summed E-state index contributed by atoms with van der Waals surface area (Å²) >= 11 is 0. The summed E-state index contributed by atoms with van der Waals surface area (Å²) in [5, 5.41) is 16.1. The van der Waals surface area contributed by atoms with Crippen molar-refractivity contribution in [3.63, 3.8) is 0 Å². The van der Waals surface area contributed by atoms with E-state index in [0.717, 1.165) is 30.6 Å². The first-order valence-electron chi connectivity index (χ1n) is 7.12. The van der Waals surface area contributed by atoms with E-state index in [0.29, 0.717) is 5.56 Å². The Morgan fingerprint density at radius 1 is 1.36 bits per heavy atom. The second-order valence-corrected chi connectivity index (χ2v) is 5.26. The summed E-state index contributed by atoms with van der Waals surface area (Å²) in [5.41, 5.74) is 2.16. The van der Waals surface area contributed by atoms with Crippen LogP contribution in [-0.4, -0.2) is 37.8 Å². The quantitative estimate of drug-likeness (QED) is 0.845. The Morgan fingerprint density at radius 2 is 2.14 bits per heavy atom. The third-order valence-electron chi connectivity index (χ3n) is 3.77. The Bertz CT molecular complexity index is 696. The van der Waals surface area contributed by atoms with Crippen molar-refractivity contribution < 1.29 is 14.7 Å². The Labute approximate surface area is 127 Å². The highest BCUT2D eigenvalue weighted by atomic mass is 16.4. The molecule has 22 heavy (non-hydrogen) atoms. The third-order valence-corrected chi connectivity index (χ3v) is 3.77. The molecular formula is C15H16N4O3. The first kappa shape index (κ1) is 14.2. The van der Waals surface area contributed by atoms with Crippen LogP contribution in [0.3, 0.4) is 0 Å². The number of amides is 1. The van der Waals surface area contributed by atoms with Crippen molar-refractivity contribution in [2.45, 2.75) is 31.8 Å². The summed E-state index contributed by atoms with van der Waals surface area (Å²) < 4.78 is 1.80. The molecule has 0 aliphatic carbocycles. The number of fused-ring (bicyclic) bond motifs is 1. The lowest BCUT2D eigenvalue weighted by atomic mass is 10.1. The van der Waals surface area contributed by atoms with Gasteiger partial charge in [-0.2, -0.15) is 5.10 Å². The summed E-state index contributed by atoms with van der Waals surface area (Å²) in [6, 6.07) is 2.49. The number of hydrogen-bond donors (Lipinski definition) is 2. The molecule has 3 heterocycles. The molecule has 7 heteroatoms. The zero-order valence-corrected chi connectivity index (χ0v) is 11.9. The molecule has 1 aliphatic rings. The van der Waals surface area contributed by atoms with Gasteiger partial charge in [0.1, 0.15) is 6.04 Å². The van der Waals surface area contributed by atoms with Crippen molar-refractivity contribution >= 4 is 11.9 Å². The van der Waals surface area contributed by atoms with Gasteiger partial charge in [0.05, 0.1) is 17.5 Å². The number of carbonyl (C=O) groups excluding carboxylic acids is 1. The van der Waals surface area contributed by atoms with E-state index in [-0.39, 0.29) is 12.3 Å². The van der Waals surface area contributed by atoms with Crippen LogP contribution in [0.2, 0.25) is 0 Å². The minimum atomic E-state index is -1.06. The van der Waals surface area contributed by atoms with E-state index >= 15 is 0 Å². The van der Waals surface area contributed by atoms with Crippen LogP contribution in [0.1, 0.15) is 28.0 Å². The molecule has 2 aromatic rings. The van der Waals surface area contributed by atoms with E-state index in [4.69, 9.17) is 0 Å². The van der Waals surface area contributed by atoms with Gasteiger partial charge in [0, 0.05) is 25.4 Å². The van der Waals surface area contributed by atoms with Gasteiger partial charge in [0.15, 0.2) is 0 Å². The zero-order chi connectivity index (χ0) is 15.5. The Morgan fingerprint density at radius 3 is 2.86 bits per heavy atom. The predicted octanol–water partition coefficient (Wildman–Crippen LogP) is 0.650. The molecule has 0 aromatic carbocycles. The van der Waals surface area contributed by atoms with Gasteiger partial charge >= 0.3 is 5.97 Å². The number of aryl methyl sites for hydroxylation is 1. The number of hydrogen-bond acceptors (Lipinski definition) is 4. The maximum absolute atomic E-state index is 12.3. The average molecular weight is 300 g/mol. The maximum Gasteiger partial charge on any atom is 0.326 e. The molecule has 1 unspecified atom stereocenters. The number of rotatable bonds is 5. The van der Waals surface area contributed by atoms with Gasteiger partial charge in [-0.25, -0.2) is 4.79 Å². The molecule has 0 fully saturated rings. The summed E-state index contributed by atoms with van der Waals surface area (Å²) in [6.45, 7) is 0.808. The van der Waals surface area contributed by atoms with E-state index in [1.807, 2.05) is 0 Å². The molecule has 1 aliphatic heterocycles. The number of aromatic nitrogens is 3. The first-order chi connectivity index (χ1) is 10.6. The molecule has 0 radical (unpaired) electrons. The molecule has 1 amide bonds. The van der Waals surface area contributed by atoms with E-state index in [1.54, 1.807) is 29.2 Å². The second kappa shape index (κ2) is 5.97. The SMILES string of the molecule is O=C(NC(Cc1ccncc1)C(=O)O)c1cnn2c1CCC2. The minimum Gasteiger partial charge on any atom is -0.480 e. The molecule has 0 saturated carbocycles. The molecule has 1 atom stereocenters. The monoisotopic (exact) mass is 300 g/mol. The first-order valence-corrected chi connectivity index (χ1v) is 7.12. The Kier molecular flexibility index (Phi) is 3.86. The molecule has 0 spiro atoms. The van der Waals surface area contributed by atoms with E-state index < -0.39 is 12.0 Å². The topological polar surface area (TPSA) is 97.1 Å². The fraction of sp³-hybridized carbons (Fsp3) is 0.333. The van der Waals surface area contributed by atoms with Gasteiger partial charge in [-0.05, 0) is 30.5 Å². The Balaban J connectivity index is 1.73. The van der Waals surface area contributed by atoms with Gasteiger partial charge in [-0.3, -0.25) is 14.5 Å². The summed E-state index contributed by atoms with van der Waals surface area (Å²) in [4.78, 5) is 27.6. The van der Waals surface area contributed by atoms with Crippen LogP contribution in [0.25, 0.3) is 0 Å². The van der Waals surface area contributed by atoms with E-state index in [1.165, 1.54) is 6.20 Å². The molecule has 114 valence electrons. The molecule has 2 N–H and O–H groups in total. The van der Waals surface area contributed by atoms with E-state index in [9.17, 15) is 14.7 Å². The van der Waals surface area contributed by atoms with Crippen molar-refractivity contribution in [2.24, 2.45) is 0 Å². The lowest BCUT2D eigenvalue weighted by Gasteiger charge is -2.14. The van der Waals surface area contributed by atoms with E-state index in [2.05, 4.69) is 15.4 Å². The summed E-state index contributed by atoms with van der Waals surface area (Å²) in [5.74, 6) is -1.45. The third kappa shape index (κ3) is 2.83. The van der Waals surface area contributed by atoms with Crippen LogP contribution < -0.4 is 5.32 Å². The Hall–Kier alpha value is -2.70. The molecule has 3 rings (SSSR count). The molecule has 0 bridgehead atoms. The normalized spacial score (nSPS) is 14.4. The van der Waals surface area contributed by atoms with Gasteiger partial charge in [0.2, 0.25) is 0 Å². The van der Waals surface area contributed by atoms with Crippen LogP contribution in [0.15, 0.2) is 30.7 Å². The number of pyridine rings is 1. The highest BCUT2D eigenvalue weighted by molar-refractivity contribution is 5.97. The summed E-state index contributed by atoms with van der Waals surface area (Å²) in [6.07, 6.45) is 6.68. The van der Waals surface area contributed by atoms with Crippen molar-refractivity contribution in [1.29, 1.82) is 0 Å². The van der Waals surface area contributed by atoms with Crippen LogP contribution in [-0.2, 0) is 24.2 Å². The lowest BCUT2D eigenvalue weighted by Crippen LogP contribution is -2.42. The minimum absolute atomic E-state index is 0.215. The van der Waals surface area contributed by atoms with Gasteiger partial charge < -0.3 is 10.4 Å². The fourth-order valence-corrected chi connectivity index (χ4v) is 2.64. The van der Waals surface area contributed by atoms with Crippen LogP contribution in [0, 0.1) is 0 Å². The number of carboxylic acids is 1. The van der Waals surface area contributed by atoms with Gasteiger partial charge in [0.25, 0.3) is 5.91 Å². The second-order valence-electron chi connectivity index (χ2n) is 5.26. The van der Waals surface area contributed by atoms with Crippen LogP contribution in [0.5, 0.6) is 0 Å². The van der Waals surface area contributed by atoms with Crippen LogP contribution in [0.4, 0.5) is 0 Å². The number of carbonyl (C=O) groups is 2. The smallest absolute Gasteiger partial charge is 0.326 e. The van der Waals surface area contributed by atoms with Gasteiger partial charge in [-0.1, -0.05) is 0 Å². The molecule has 0 saturated heterocycles. The standard InChI is InChI=1S/C15H16N4O3/c20-14(11-9-17-19-7-1-2-13(11)19)18-12(15(21)22)8-10-3-5-16-6-4-10/h3-6,9,12H,1-2,7-8H2,(H,18,20)(H,21,22). The number of nitrogens with zero attached hydrogens (tertiary/aromatic N) is 3. The van der Waals surface area contributed by atoms with Crippen molar-refractivity contribution in [1.82, 2.24) is 20.1 Å². The lowest BCUT2D eigenvalue weighted by molar-refractivity contribution is -0.139.